The maximum atomic E-state index is 13.6. The molecule has 2 N–H and O–H groups in total. The lowest BCUT2D eigenvalue weighted by Crippen LogP contribution is -2.37. The van der Waals surface area contributed by atoms with E-state index in [0.29, 0.717) is 17.7 Å². The van der Waals surface area contributed by atoms with Crippen molar-refractivity contribution in [3.8, 4) is 11.5 Å². The van der Waals surface area contributed by atoms with Crippen molar-refractivity contribution < 1.29 is 19.0 Å². The number of carbonyl (C=O) groups is 1. The molecule has 3 aromatic rings. The fourth-order valence-electron chi connectivity index (χ4n) is 4.21. The quantitative estimate of drug-likeness (QED) is 0.731. The first-order chi connectivity index (χ1) is 13.1. The largest absolute Gasteiger partial charge is 0.508 e. The third-order valence-electron chi connectivity index (χ3n) is 5.44. The molecular formula is C22H16FNO3. The highest BCUT2D eigenvalue weighted by molar-refractivity contribution is 6.12. The van der Waals surface area contributed by atoms with E-state index in [1.165, 1.54) is 12.1 Å². The van der Waals surface area contributed by atoms with Gasteiger partial charge in [-0.1, -0.05) is 30.3 Å². The smallest absolute Gasteiger partial charge is 0.244 e. The highest BCUT2D eigenvalue weighted by atomic mass is 19.1. The van der Waals surface area contributed by atoms with Crippen LogP contribution in [0.2, 0.25) is 0 Å². The predicted octanol–water partition coefficient (Wildman–Crippen LogP) is 3.75. The van der Waals surface area contributed by atoms with Gasteiger partial charge in [-0.15, -0.1) is 0 Å². The van der Waals surface area contributed by atoms with Crippen LogP contribution >= 0.6 is 0 Å². The van der Waals surface area contributed by atoms with Crippen LogP contribution in [-0.4, -0.2) is 17.6 Å². The monoisotopic (exact) mass is 361 g/mol. The van der Waals surface area contributed by atoms with E-state index in [-0.39, 0.29) is 17.5 Å². The molecule has 5 rings (SSSR count). The van der Waals surface area contributed by atoms with Crippen LogP contribution in [0, 0.1) is 5.82 Å². The Balaban J connectivity index is 1.84. The van der Waals surface area contributed by atoms with Crippen molar-refractivity contribution in [2.75, 3.05) is 11.9 Å². The molecule has 0 bridgehead atoms. The molecule has 0 aromatic heterocycles. The Morgan fingerprint density at radius 1 is 0.963 bits per heavy atom. The Morgan fingerprint density at radius 3 is 2.33 bits per heavy atom. The predicted molar refractivity (Wildman–Crippen MR) is 98.7 cm³/mol. The Kier molecular flexibility index (Phi) is 3.28. The summed E-state index contributed by atoms with van der Waals surface area (Å²) in [5, 5.41) is 12.8. The molecular weight excluding hydrogens is 345 g/mol. The van der Waals surface area contributed by atoms with Gasteiger partial charge in [0.15, 0.2) is 0 Å². The average Bonchev–Trinajstić information content (AvgIpc) is 3.25. The Labute approximate surface area is 155 Å². The molecule has 3 aromatic carbocycles. The number of phenolic OH excluding ortho intramolecular Hbond substituents is 1. The lowest BCUT2D eigenvalue weighted by molar-refractivity contribution is -0.118. The van der Waals surface area contributed by atoms with Crippen LogP contribution in [0.5, 0.6) is 11.5 Å². The van der Waals surface area contributed by atoms with Gasteiger partial charge >= 0.3 is 0 Å². The number of anilines is 1. The molecule has 0 saturated heterocycles. The summed E-state index contributed by atoms with van der Waals surface area (Å²) < 4.78 is 19.2. The number of fused-ring (bicyclic) bond motifs is 3. The second kappa shape index (κ2) is 5.58. The lowest BCUT2D eigenvalue weighted by Gasteiger charge is -2.29. The van der Waals surface area contributed by atoms with Gasteiger partial charge in [0, 0.05) is 17.5 Å². The number of halogens is 1. The van der Waals surface area contributed by atoms with Crippen molar-refractivity contribution >= 4 is 11.6 Å². The van der Waals surface area contributed by atoms with Crippen LogP contribution in [0.1, 0.15) is 22.3 Å². The zero-order chi connectivity index (χ0) is 18.6. The maximum Gasteiger partial charge on any atom is 0.244 e. The Hall–Kier alpha value is -3.34. The summed E-state index contributed by atoms with van der Waals surface area (Å²) in [5.41, 5.74) is 2.84. The van der Waals surface area contributed by atoms with E-state index in [1.807, 2.05) is 12.1 Å². The highest BCUT2D eigenvalue weighted by Crippen LogP contribution is 2.51. The average molecular weight is 361 g/mol. The van der Waals surface area contributed by atoms with Crippen molar-refractivity contribution in [1.29, 1.82) is 0 Å². The van der Waals surface area contributed by atoms with Gasteiger partial charge in [0.25, 0.3) is 0 Å². The van der Waals surface area contributed by atoms with Gasteiger partial charge in [-0.3, -0.25) is 4.79 Å². The van der Waals surface area contributed by atoms with Gasteiger partial charge in [-0.05, 0) is 41.5 Å². The molecule has 1 atom stereocenters. The minimum Gasteiger partial charge on any atom is -0.508 e. The number of amides is 1. The second-order valence-electron chi connectivity index (χ2n) is 6.82. The van der Waals surface area contributed by atoms with Crippen LogP contribution in [0.25, 0.3) is 0 Å². The molecule has 1 amide bonds. The molecule has 2 aliphatic rings. The van der Waals surface area contributed by atoms with E-state index < -0.39 is 5.41 Å². The molecule has 0 spiro atoms. The van der Waals surface area contributed by atoms with Crippen LogP contribution in [0.3, 0.4) is 0 Å². The number of nitrogens with one attached hydrogen (secondary N) is 1. The van der Waals surface area contributed by atoms with Gasteiger partial charge in [0.2, 0.25) is 5.91 Å². The molecule has 27 heavy (non-hydrogen) atoms. The Bertz CT molecular complexity index is 1010. The summed E-state index contributed by atoms with van der Waals surface area (Å²) in [7, 11) is 0. The molecule has 134 valence electrons. The van der Waals surface area contributed by atoms with E-state index in [9.17, 15) is 14.3 Å². The fourth-order valence-corrected chi connectivity index (χ4v) is 4.21. The zero-order valence-electron chi connectivity index (χ0n) is 14.3. The third kappa shape index (κ3) is 2.11. The number of benzene rings is 3. The normalized spacial score (nSPS) is 20.0. The standard InChI is InChI=1S/C22H16FNO3/c23-15-5-1-13(2-6-15)22(14-3-7-16(25)8-4-14)18-9-10-19-17(11-12-27-19)20(18)24-21(22)26/h1-10,25H,11-12H2,(H,24,26). The second-order valence-corrected chi connectivity index (χ2v) is 6.82. The molecule has 0 radical (unpaired) electrons. The van der Waals surface area contributed by atoms with Gasteiger partial charge in [-0.25, -0.2) is 4.39 Å². The lowest BCUT2D eigenvalue weighted by atomic mass is 9.70. The summed E-state index contributed by atoms with van der Waals surface area (Å²) in [6, 6.07) is 16.4. The number of hydrogen-bond donors (Lipinski definition) is 2. The fraction of sp³-hybridized carbons (Fsp3) is 0.136. The van der Waals surface area contributed by atoms with Crippen molar-refractivity contribution in [1.82, 2.24) is 0 Å². The van der Waals surface area contributed by atoms with Crippen molar-refractivity contribution in [2.45, 2.75) is 11.8 Å². The van der Waals surface area contributed by atoms with Crippen LogP contribution in [0.4, 0.5) is 10.1 Å². The van der Waals surface area contributed by atoms with E-state index in [4.69, 9.17) is 4.74 Å². The SMILES string of the molecule is O=C1Nc2c(ccc3c2CCO3)C1(c1ccc(O)cc1)c1ccc(F)cc1. The van der Waals surface area contributed by atoms with E-state index in [2.05, 4.69) is 5.32 Å². The van der Waals surface area contributed by atoms with E-state index >= 15 is 0 Å². The molecule has 2 aliphatic heterocycles. The van der Waals surface area contributed by atoms with Crippen molar-refractivity contribution in [2.24, 2.45) is 0 Å². The summed E-state index contributed by atoms with van der Waals surface area (Å²) in [4.78, 5) is 13.4. The van der Waals surface area contributed by atoms with Crippen molar-refractivity contribution in [3.63, 3.8) is 0 Å². The summed E-state index contributed by atoms with van der Waals surface area (Å²) in [5.74, 6) is 0.347. The number of phenols is 1. The highest BCUT2D eigenvalue weighted by Gasteiger charge is 2.51. The molecule has 0 fully saturated rings. The number of ether oxygens (including phenoxy) is 1. The number of aromatic hydroxyl groups is 1. The first-order valence-electron chi connectivity index (χ1n) is 8.77. The van der Waals surface area contributed by atoms with E-state index in [0.717, 1.165) is 29.0 Å². The topological polar surface area (TPSA) is 58.6 Å². The maximum absolute atomic E-state index is 13.6. The van der Waals surface area contributed by atoms with Gasteiger partial charge < -0.3 is 15.2 Å². The molecule has 4 nitrogen and oxygen atoms in total. The molecule has 0 aliphatic carbocycles. The minimum atomic E-state index is -1.12. The molecule has 1 unspecified atom stereocenters. The summed E-state index contributed by atoms with van der Waals surface area (Å²) in [6.07, 6.45) is 0.730. The summed E-state index contributed by atoms with van der Waals surface area (Å²) in [6.45, 7) is 0.588. The van der Waals surface area contributed by atoms with Gasteiger partial charge in [-0.2, -0.15) is 0 Å². The first-order valence-corrected chi connectivity index (χ1v) is 8.77. The van der Waals surface area contributed by atoms with Crippen LogP contribution < -0.4 is 10.1 Å². The molecule has 5 heteroatoms. The van der Waals surface area contributed by atoms with Crippen molar-refractivity contribution in [3.05, 3.63) is 88.7 Å². The van der Waals surface area contributed by atoms with Gasteiger partial charge in [0.1, 0.15) is 22.7 Å². The molecule has 2 heterocycles. The number of rotatable bonds is 2. The van der Waals surface area contributed by atoms with Crippen LogP contribution in [-0.2, 0) is 16.6 Å². The van der Waals surface area contributed by atoms with Crippen LogP contribution in [0.15, 0.2) is 60.7 Å². The van der Waals surface area contributed by atoms with Gasteiger partial charge in [0.05, 0.1) is 12.3 Å². The summed E-state index contributed by atoms with van der Waals surface area (Å²) >= 11 is 0. The third-order valence-corrected chi connectivity index (χ3v) is 5.44. The minimum absolute atomic E-state index is 0.119. The molecule has 0 saturated carbocycles. The number of hydrogen-bond acceptors (Lipinski definition) is 3. The zero-order valence-corrected chi connectivity index (χ0v) is 14.3. The van der Waals surface area contributed by atoms with E-state index in [1.54, 1.807) is 36.4 Å². The number of carbonyl (C=O) groups excluding carboxylic acids is 1. The first kappa shape index (κ1) is 15.9. The Morgan fingerprint density at radius 2 is 1.63 bits per heavy atom.